The molecule has 0 spiro atoms. The molecule has 39 heavy (non-hydrogen) atoms. The van der Waals surface area contributed by atoms with Gasteiger partial charge in [-0.25, -0.2) is 0 Å². The van der Waals surface area contributed by atoms with Crippen LogP contribution in [0.15, 0.2) is 24.4 Å². The number of pyridine rings is 1. The summed E-state index contributed by atoms with van der Waals surface area (Å²) in [6, 6.07) is 3.29. The minimum absolute atomic E-state index is 0.0653. The number of aryl methyl sites for hydroxylation is 2. The highest BCUT2D eigenvalue weighted by atomic mass is 19.4. The number of alkyl halides is 4. The third kappa shape index (κ3) is 4.99. The predicted octanol–water partition coefficient (Wildman–Crippen LogP) is 5.17. The van der Waals surface area contributed by atoms with Gasteiger partial charge in [0.1, 0.15) is 11.7 Å². The quantitative estimate of drug-likeness (QED) is 0.398. The first-order valence-electron chi connectivity index (χ1n) is 13.6. The van der Waals surface area contributed by atoms with E-state index in [2.05, 4.69) is 21.3 Å². The maximum atomic E-state index is 15.8. The molecule has 1 aromatic carbocycles. The van der Waals surface area contributed by atoms with E-state index >= 15 is 8.87 Å². The summed E-state index contributed by atoms with van der Waals surface area (Å²) >= 11 is 0. The first-order chi connectivity index (χ1) is 18.6. The summed E-state index contributed by atoms with van der Waals surface area (Å²) < 4.78 is 85.1. The van der Waals surface area contributed by atoms with Gasteiger partial charge in [0.15, 0.2) is 5.82 Å². The van der Waals surface area contributed by atoms with Crippen molar-refractivity contribution in [3.63, 3.8) is 0 Å². The number of hydrogen-bond acceptors (Lipinski definition) is 3. The molecule has 1 unspecified atom stereocenters. The van der Waals surface area contributed by atoms with Crippen LogP contribution < -0.4 is 10.1 Å². The average molecular weight is 553 g/mol. The van der Waals surface area contributed by atoms with E-state index in [1.165, 1.54) is 11.1 Å². The third-order valence-corrected chi connectivity index (χ3v) is 8.48. The van der Waals surface area contributed by atoms with Crippen molar-refractivity contribution in [2.24, 2.45) is 0 Å². The summed E-state index contributed by atoms with van der Waals surface area (Å²) in [7, 11) is 0. The topological polar surface area (TPSA) is 38.2 Å². The number of aromatic amines is 1. The van der Waals surface area contributed by atoms with Crippen LogP contribution in [-0.4, -0.2) is 65.9 Å². The van der Waals surface area contributed by atoms with Crippen molar-refractivity contribution in [1.82, 2.24) is 14.8 Å². The second-order valence-corrected chi connectivity index (χ2v) is 11.2. The van der Waals surface area contributed by atoms with Crippen molar-refractivity contribution in [1.29, 1.82) is 0 Å². The van der Waals surface area contributed by atoms with Crippen LogP contribution in [0.3, 0.4) is 0 Å². The molecule has 1 saturated heterocycles. The zero-order valence-corrected chi connectivity index (χ0v) is 21.7. The molecule has 0 bridgehead atoms. The number of aromatic nitrogens is 2. The summed E-state index contributed by atoms with van der Waals surface area (Å²) in [5, 5.41) is 4.05. The minimum atomic E-state index is -4.55. The monoisotopic (exact) mass is 552 g/mol. The lowest BCUT2D eigenvalue weighted by atomic mass is 9.85. The van der Waals surface area contributed by atoms with E-state index in [1.54, 1.807) is 6.92 Å². The van der Waals surface area contributed by atoms with E-state index in [0.717, 1.165) is 59.4 Å². The minimum Gasteiger partial charge on any atom is -0.376 e. The van der Waals surface area contributed by atoms with Crippen molar-refractivity contribution >= 4 is 16.6 Å². The number of rotatable bonds is 7. The normalized spacial score (nSPS) is 23.6. The highest BCUT2D eigenvalue weighted by molar-refractivity contribution is 5.87. The molecule has 1 aliphatic carbocycles. The van der Waals surface area contributed by atoms with E-state index in [4.69, 9.17) is 0 Å². The van der Waals surface area contributed by atoms with Crippen LogP contribution in [0, 0.1) is 5.82 Å². The van der Waals surface area contributed by atoms with E-state index in [0.29, 0.717) is 31.6 Å². The van der Waals surface area contributed by atoms with Gasteiger partial charge in [0.05, 0.1) is 17.7 Å². The molecule has 0 saturated carbocycles. The van der Waals surface area contributed by atoms with Gasteiger partial charge in [-0.2, -0.15) is 17.6 Å². The number of nitrogens with one attached hydrogen (secondary N) is 2. The van der Waals surface area contributed by atoms with Crippen LogP contribution in [0.25, 0.3) is 10.9 Å². The molecule has 210 valence electrons. The smallest absolute Gasteiger partial charge is 0.376 e. The first kappa shape index (κ1) is 26.4. The number of nitrogens with zero attached hydrogens (tertiary/aromatic N) is 3. The summed E-state index contributed by atoms with van der Waals surface area (Å²) in [5.41, 5.74) is 4.15. The molecule has 2 aromatic heterocycles. The van der Waals surface area contributed by atoms with Crippen molar-refractivity contribution in [3.05, 3.63) is 58.3 Å². The highest BCUT2D eigenvalue weighted by Crippen LogP contribution is 2.43. The second kappa shape index (κ2) is 9.99. The van der Waals surface area contributed by atoms with E-state index in [9.17, 15) is 17.6 Å². The molecule has 11 heteroatoms. The second-order valence-electron chi connectivity index (χ2n) is 11.2. The Labute approximate surface area is 222 Å². The molecule has 3 atom stereocenters. The van der Waals surface area contributed by atoms with Gasteiger partial charge in [0.2, 0.25) is 6.20 Å². The Hall–Kier alpha value is -2.79. The largest absolute Gasteiger partial charge is 0.401 e. The van der Waals surface area contributed by atoms with Gasteiger partial charge in [-0.1, -0.05) is 0 Å². The summed E-state index contributed by atoms with van der Waals surface area (Å²) in [4.78, 5) is 6.61. The lowest BCUT2D eigenvalue weighted by Crippen LogP contribution is -2.50. The number of hydrogen-bond donors (Lipinski definition) is 2. The van der Waals surface area contributed by atoms with Crippen LogP contribution in [0.5, 0.6) is 0 Å². The summed E-state index contributed by atoms with van der Waals surface area (Å²) in [6.45, 7) is 1.99. The van der Waals surface area contributed by atoms with Crippen molar-refractivity contribution < 1.29 is 31.2 Å². The SMILES string of the molecule is CC1Cc2c([nH]c3cc4c(cc23)CC4)[C@@H](c2c(F)cc(N[C@H]3CCN(CCCF)C3)c[n+]2F)N1CC(F)(F)F. The molecule has 4 heterocycles. The van der Waals surface area contributed by atoms with Crippen LogP contribution in [0.4, 0.5) is 32.1 Å². The van der Waals surface area contributed by atoms with Crippen molar-refractivity contribution in [2.75, 3.05) is 38.2 Å². The van der Waals surface area contributed by atoms with Crippen LogP contribution in [0.2, 0.25) is 0 Å². The fourth-order valence-corrected chi connectivity index (χ4v) is 6.54. The number of anilines is 1. The number of benzene rings is 1. The Bertz CT molecular complexity index is 1360. The molecule has 3 aromatic rings. The standard InChI is InChI=1S/C28H32F6N5/c1-16-9-22-21-10-17-3-4-18(17)11-24(21)36-25(22)27(38(16)15-28(31,32)33)26-23(30)12-20(14-39(26)34)35-19-5-8-37(13-19)7-2-6-29/h10-12,14,16,19,27,35-36H,2-9,13,15H2,1H3/q+1/t16?,19-,27-/m0/s1. The van der Waals surface area contributed by atoms with Gasteiger partial charge in [0, 0.05) is 59.2 Å². The van der Waals surface area contributed by atoms with Crippen molar-refractivity contribution in [3.8, 4) is 0 Å². The predicted molar refractivity (Wildman–Crippen MR) is 136 cm³/mol. The van der Waals surface area contributed by atoms with Gasteiger partial charge < -0.3 is 15.2 Å². The Morgan fingerprint density at radius 1 is 1.15 bits per heavy atom. The third-order valence-electron chi connectivity index (χ3n) is 8.48. The molecule has 6 rings (SSSR count). The molecular formula is C28H32F6N5+. The molecule has 3 aliphatic rings. The Morgan fingerprint density at radius 3 is 2.62 bits per heavy atom. The van der Waals surface area contributed by atoms with Crippen LogP contribution in [-0.2, 0) is 19.3 Å². The van der Waals surface area contributed by atoms with Crippen LogP contribution in [0.1, 0.15) is 53.9 Å². The summed E-state index contributed by atoms with van der Waals surface area (Å²) in [5.74, 6) is -0.920. The summed E-state index contributed by atoms with van der Waals surface area (Å²) in [6.07, 6.45) is -0.0369. The number of likely N-dealkylation sites (tertiary alicyclic amines) is 1. The molecule has 5 nitrogen and oxygen atoms in total. The van der Waals surface area contributed by atoms with Gasteiger partial charge in [-0.15, -0.1) is 0 Å². The van der Waals surface area contributed by atoms with Gasteiger partial charge >= 0.3 is 6.18 Å². The maximum absolute atomic E-state index is 15.8. The Kier molecular flexibility index (Phi) is 6.77. The fraction of sp³-hybridized carbons (Fsp3) is 0.536. The fourth-order valence-electron chi connectivity index (χ4n) is 6.54. The first-order valence-corrected chi connectivity index (χ1v) is 13.6. The number of halogens is 6. The van der Waals surface area contributed by atoms with E-state index in [-0.39, 0.29) is 16.5 Å². The molecule has 2 N–H and O–H groups in total. The number of H-pyrrole nitrogens is 1. The molecule has 0 amide bonds. The Morgan fingerprint density at radius 2 is 1.92 bits per heavy atom. The Balaban J connectivity index is 1.37. The highest BCUT2D eigenvalue weighted by Gasteiger charge is 2.47. The lowest BCUT2D eigenvalue weighted by Gasteiger charge is -2.39. The number of fused-ring (bicyclic) bond motifs is 4. The van der Waals surface area contributed by atoms with E-state index < -0.39 is 43.0 Å². The lowest BCUT2D eigenvalue weighted by molar-refractivity contribution is -0.851. The molecule has 0 radical (unpaired) electrons. The van der Waals surface area contributed by atoms with Crippen LogP contribution >= 0.6 is 0 Å². The van der Waals surface area contributed by atoms with E-state index in [1.807, 2.05) is 6.07 Å². The molecule has 2 aliphatic heterocycles. The van der Waals surface area contributed by atoms with Gasteiger partial charge in [-0.3, -0.25) is 9.29 Å². The van der Waals surface area contributed by atoms with Gasteiger partial charge in [0.25, 0.3) is 5.69 Å². The van der Waals surface area contributed by atoms with Crippen molar-refractivity contribution in [2.45, 2.75) is 63.3 Å². The zero-order valence-electron chi connectivity index (χ0n) is 21.7. The molecule has 1 fully saturated rings. The molecular weight excluding hydrogens is 520 g/mol. The van der Waals surface area contributed by atoms with Gasteiger partial charge in [-0.05, 0) is 67.9 Å². The average Bonchev–Trinajstić information content (AvgIpc) is 3.43. The zero-order chi connectivity index (χ0) is 27.5. The maximum Gasteiger partial charge on any atom is 0.401 e.